The SMILES string of the molecule is CCOc1cc(C=O)cc2c1OC1(C=C2c2ccc(C#N)cc2)CCN(C(=O)O)CC1. The number of fused-ring (bicyclic) bond motifs is 1. The summed E-state index contributed by atoms with van der Waals surface area (Å²) in [5.74, 6) is 1.04. The Morgan fingerprint density at radius 3 is 2.58 bits per heavy atom. The molecule has 0 unspecified atom stereocenters. The van der Waals surface area contributed by atoms with Crippen molar-refractivity contribution >= 4 is 18.0 Å². The van der Waals surface area contributed by atoms with Crippen LogP contribution >= 0.6 is 0 Å². The maximum Gasteiger partial charge on any atom is 0.407 e. The third-order valence-corrected chi connectivity index (χ3v) is 5.72. The molecule has 0 saturated carbocycles. The Morgan fingerprint density at radius 1 is 1.29 bits per heavy atom. The van der Waals surface area contributed by atoms with E-state index in [9.17, 15) is 14.7 Å². The maximum absolute atomic E-state index is 11.6. The zero-order chi connectivity index (χ0) is 22.0. The molecule has 2 aromatic rings. The molecule has 0 atom stereocenters. The van der Waals surface area contributed by atoms with Crippen molar-refractivity contribution in [1.29, 1.82) is 5.26 Å². The van der Waals surface area contributed by atoms with Gasteiger partial charge in [0.05, 0.1) is 18.2 Å². The number of hydrogen-bond acceptors (Lipinski definition) is 5. The monoisotopic (exact) mass is 418 g/mol. The Kier molecular flexibility index (Phi) is 5.38. The average Bonchev–Trinajstić information content (AvgIpc) is 2.79. The van der Waals surface area contributed by atoms with E-state index in [-0.39, 0.29) is 0 Å². The second-order valence-corrected chi connectivity index (χ2v) is 7.63. The first kappa shape index (κ1) is 20.5. The van der Waals surface area contributed by atoms with Crippen LogP contribution in [-0.4, -0.2) is 47.7 Å². The molecule has 2 aliphatic rings. The fourth-order valence-electron chi connectivity index (χ4n) is 4.12. The average molecular weight is 418 g/mol. The summed E-state index contributed by atoms with van der Waals surface area (Å²) in [5.41, 5.74) is 2.84. The lowest BCUT2D eigenvalue weighted by Gasteiger charge is -2.42. The number of aldehydes is 1. The van der Waals surface area contributed by atoms with Gasteiger partial charge in [0.25, 0.3) is 0 Å². The van der Waals surface area contributed by atoms with E-state index in [1.807, 2.05) is 25.1 Å². The molecule has 7 nitrogen and oxygen atoms in total. The Balaban J connectivity index is 1.85. The molecular formula is C24H22N2O5. The summed E-state index contributed by atoms with van der Waals surface area (Å²) < 4.78 is 12.3. The van der Waals surface area contributed by atoms with Crippen molar-refractivity contribution < 1.29 is 24.2 Å². The lowest BCUT2D eigenvalue weighted by atomic mass is 9.82. The minimum Gasteiger partial charge on any atom is -0.490 e. The number of piperidine rings is 1. The van der Waals surface area contributed by atoms with E-state index in [1.54, 1.807) is 24.3 Å². The minimum atomic E-state index is -0.937. The topological polar surface area (TPSA) is 99.9 Å². The Hall–Kier alpha value is -3.79. The molecule has 1 fully saturated rings. The normalized spacial score (nSPS) is 16.5. The summed E-state index contributed by atoms with van der Waals surface area (Å²) in [6.07, 6.45) is 2.86. The van der Waals surface area contributed by atoms with Gasteiger partial charge in [-0.15, -0.1) is 0 Å². The van der Waals surface area contributed by atoms with Crippen molar-refractivity contribution in [1.82, 2.24) is 4.90 Å². The molecule has 1 saturated heterocycles. The van der Waals surface area contributed by atoms with Crippen molar-refractivity contribution in [2.24, 2.45) is 0 Å². The number of nitriles is 1. The molecule has 2 aliphatic heterocycles. The predicted molar refractivity (Wildman–Crippen MR) is 113 cm³/mol. The van der Waals surface area contributed by atoms with E-state index in [1.165, 1.54) is 4.90 Å². The summed E-state index contributed by atoms with van der Waals surface area (Å²) >= 11 is 0. The number of carboxylic acid groups (broad SMARTS) is 1. The number of ether oxygens (including phenoxy) is 2. The maximum atomic E-state index is 11.6. The van der Waals surface area contributed by atoms with Gasteiger partial charge in [-0.1, -0.05) is 12.1 Å². The van der Waals surface area contributed by atoms with Gasteiger partial charge in [0.1, 0.15) is 11.9 Å². The molecule has 1 spiro atoms. The van der Waals surface area contributed by atoms with Gasteiger partial charge in [0.15, 0.2) is 11.5 Å². The van der Waals surface area contributed by atoms with Crippen LogP contribution in [0.4, 0.5) is 4.79 Å². The lowest BCUT2D eigenvalue weighted by molar-refractivity contribution is 0.0373. The highest BCUT2D eigenvalue weighted by atomic mass is 16.5. The van der Waals surface area contributed by atoms with Crippen LogP contribution in [-0.2, 0) is 0 Å². The number of carbonyl (C=O) groups excluding carboxylic acids is 1. The van der Waals surface area contributed by atoms with Crippen LogP contribution in [0, 0.1) is 11.3 Å². The van der Waals surface area contributed by atoms with Crippen LogP contribution in [0.25, 0.3) is 5.57 Å². The van der Waals surface area contributed by atoms with Crippen LogP contribution in [0.3, 0.4) is 0 Å². The highest BCUT2D eigenvalue weighted by molar-refractivity contribution is 5.90. The van der Waals surface area contributed by atoms with E-state index in [2.05, 4.69) is 6.07 Å². The highest BCUT2D eigenvalue weighted by Gasteiger charge is 2.41. The van der Waals surface area contributed by atoms with Gasteiger partial charge < -0.3 is 19.5 Å². The standard InChI is InChI=1S/C24H22N2O5/c1-2-30-21-12-17(15-27)11-19-20(18-5-3-16(14-25)4-6-18)13-24(31-22(19)21)7-9-26(10-8-24)23(28)29/h3-6,11-13,15H,2,7-10H2,1H3,(H,28,29). The van der Waals surface area contributed by atoms with E-state index < -0.39 is 11.7 Å². The fraction of sp³-hybridized carbons (Fsp3) is 0.292. The first-order chi connectivity index (χ1) is 15.0. The van der Waals surface area contributed by atoms with Gasteiger partial charge >= 0.3 is 6.09 Å². The number of carbonyl (C=O) groups is 2. The van der Waals surface area contributed by atoms with Crippen LogP contribution in [0.15, 0.2) is 42.5 Å². The summed E-state index contributed by atoms with van der Waals surface area (Å²) in [6, 6.07) is 12.8. The molecular weight excluding hydrogens is 396 g/mol. The molecule has 7 heteroatoms. The van der Waals surface area contributed by atoms with Crippen LogP contribution < -0.4 is 9.47 Å². The molecule has 0 aliphatic carbocycles. The fourth-order valence-corrected chi connectivity index (χ4v) is 4.12. The van der Waals surface area contributed by atoms with Crippen molar-refractivity contribution in [2.75, 3.05) is 19.7 Å². The number of nitrogens with zero attached hydrogens (tertiary/aromatic N) is 2. The zero-order valence-electron chi connectivity index (χ0n) is 17.1. The largest absolute Gasteiger partial charge is 0.490 e. The molecule has 4 rings (SSSR count). The van der Waals surface area contributed by atoms with E-state index in [0.29, 0.717) is 55.2 Å². The molecule has 158 valence electrons. The van der Waals surface area contributed by atoms with Gasteiger partial charge in [-0.3, -0.25) is 4.79 Å². The number of benzene rings is 2. The van der Waals surface area contributed by atoms with Crippen LogP contribution in [0.1, 0.15) is 46.8 Å². The van der Waals surface area contributed by atoms with Crippen molar-refractivity contribution in [3.63, 3.8) is 0 Å². The van der Waals surface area contributed by atoms with Crippen molar-refractivity contribution in [2.45, 2.75) is 25.4 Å². The van der Waals surface area contributed by atoms with E-state index in [4.69, 9.17) is 14.7 Å². The van der Waals surface area contributed by atoms with Crippen LogP contribution in [0.5, 0.6) is 11.5 Å². The third kappa shape index (κ3) is 3.84. The molecule has 1 amide bonds. The van der Waals surface area contributed by atoms with E-state index >= 15 is 0 Å². The smallest absolute Gasteiger partial charge is 0.407 e. The van der Waals surface area contributed by atoms with Gasteiger partial charge in [0, 0.05) is 37.1 Å². The second-order valence-electron chi connectivity index (χ2n) is 7.63. The van der Waals surface area contributed by atoms with Gasteiger partial charge in [0.2, 0.25) is 0 Å². The van der Waals surface area contributed by atoms with E-state index in [0.717, 1.165) is 23.0 Å². The number of hydrogen-bond donors (Lipinski definition) is 1. The Bertz CT molecular complexity index is 1090. The summed E-state index contributed by atoms with van der Waals surface area (Å²) in [4.78, 5) is 24.3. The minimum absolute atomic E-state index is 0.359. The van der Waals surface area contributed by atoms with Gasteiger partial charge in [-0.2, -0.15) is 5.26 Å². The predicted octanol–water partition coefficient (Wildman–Crippen LogP) is 4.11. The molecule has 31 heavy (non-hydrogen) atoms. The second kappa shape index (κ2) is 8.15. The third-order valence-electron chi connectivity index (χ3n) is 5.72. The molecule has 0 radical (unpaired) electrons. The van der Waals surface area contributed by atoms with Crippen molar-refractivity contribution in [3.05, 3.63) is 64.7 Å². The number of likely N-dealkylation sites (tertiary alicyclic amines) is 1. The highest BCUT2D eigenvalue weighted by Crippen LogP contribution is 2.48. The number of amides is 1. The molecule has 2 heterocycles. The molecule has 2 aromatic carbocycles. The summed E-state index contributed by atoms with van der Waals surface area (Å²) in [6.45, 7) is 2.99. The Labute approximate surface area is 180 Å². The first-order valence-electron chi connectivity index (χ1n) is 10.2. The quantitative estimate of drug-likeness (QED) is 0.750. The molecule has 1 N–H and O–H groups in total. The molecule has 0 aromatic heterocycles. The molecule has 0 bridgehead atoms. The first-order valence-corrected chi connectivity index (χ1v) is 10.2. The van der Waals surface area contributed by atoms with Crippen LogP contribution in [0.2, 0.25) is 0 Å². The van der Waals surface area contributed by atoms with Gasteiger partial charge in [-0.25, -0.2) is 4.79 Å². The number of rotatable bonds is 4. The lowest BCUT2D eigenvalue weighted by Crippen LogP contribution is -2.49. The summed E-state index contributed by atoms with van der Waals surface area (Å²) in [5, 5.41) is 18.5. The van der Waals surface area contributed by atoms with Gasteiger partial charge in [-0.05, 0) is 48.4 Å². The Morgan fingerprint density at radius 2 is 2.00 bits per heavy atom. The zero-order valence-corrected chi connectivity index (χ0v) is 17.1. The summed E-state index contributed by atoms with van der Waals surface area (Å²) in [7, 11) is 0. The van der Waals surface area contributed by atoms with Crippen molar-refractivity contribution in [3.8, 4) is 17.6 Å².